The lowest BCUT2D eigenvalue weighted by molar-refractivity contribution is -0.156. The zero-order valence-corrected chi connectivity index (χ0v) is 16.9. The molecule has 4 atom stereocenters. The van der Waals surface area contributed by atoms with Crippen LogP contribution in [-0.4, -0.2) is 91.4 Å². The van der Waals surface area contributed by atoms with Crippen LogP contribution in [0.1, 0.15) is 53.4 Å². The summed E-state index contributed by atoms with van der Waals surface area (Å²) >= 11 is 0. The quantitative estimate of drug-likeness (QED) is 0.311. The molecule has 4 unspecified atom stereocenters. The van der Waals surface area contributed by atoms with Crippen LogP contribution in [0.15, 0.2) is 0 Å². The summed E-state index contributed by atoms with van der Waals surface area (Å²) in [6.45, 7) is 6.33. The summed E-state index contributed by atoms with van der Waals surface area (Å²) in [6.07, 6.45) is 0.632. The Bertz CT molecular complexity index is 462. The zero-order chi connectivity index (χ0) is 22.0. The van der Waals surface area contributed by atoms with E-state index in [4.69, 9.17) is 0 Å². The molecule has 0 aromatic carbocycles. The van der Waals surface area contributed by atoms with Gasteiger partial charge in [-0.3, -0.25) is 29.0 Å². The summed E-state index contributed by atoms with van der Waals surface area (Å²) in [5.41, 5.74) is 0. The van der Waals surface area contributed by atoms with Crippen LogP contribution in [-0.2, 0) is 19.2 Å². The molecule has 0 aliphatic heterocycles. The van der Waals surface area contributed by atoms with Crippen molar-refractivity contribution in [2.24, 2.45) is 0 Å². The Morgan fingerprint density at radius 3 is 0.821 bits per heavy atom. The van der Waals surface area contributed by atoms with Gasteiger partial charge < -0.3 is 20.4 Å². The molecule has 0 fully saturated rings. The van der Waals surface area contributed by atoms with E-state index in [0.717, 1.165) is 0 Å². The maximum atomic E-state index is 11.6. The van der Waals surface area contributed by atoms with Crippen molar-refractivity contribution in [1.29, 1.82) is 0 Å². The minimum Gasteiger partial charge on any atom is -0.480 e. The van der Waals surface area contributed by atoms with E-state index in [1.807, 2.05) is 0 Å². The molecule has 10 nitrogen and oxygen atoms in total. The lowest BCUT2D eigenvalue weighted by Gasteiger charge is -2.38. The van der Waals surface area contributed by atoms with Crippen LogP contribution in [0.5, 0.6) is 0 Å². The third-order valence-corrected chi connectivity index (χ3v) is 4.90. The molecule has 0 saturated carbocycles. The molecule has 0 aromatic rings. The highest BCUT2D eigenvalue weighted by molar-refractivity contribution is 5.78. The number of hydrogen-bond donors (Lipinski definition) is 4. The van der Waals surface area contributed by atoms with E-state index in [1.165, 1.54) is 9.80 Å². The number of nitrogens with zero attached hydrogens (tertiary/aromatic N) is 2. The van der Waals surface area contributed by atoms with Gasteiger partial charge in [-0.1, -0.05) is 27.7 Å². The predicted molar refractivity (Wildman–Crippen MR) is 100 cm³/mol. The number of carbonyl (C=O) groups is 4. The van der Waals surface area contributed by atoms with Crippen LogP contribution in [0, 0.1) is 0 Å². The lowest BCUT2D eigenvalue weighted by atomic mass is 10.1. The molecule has 0 saturated heterocycles. The first kappa shape index (κ1) is 25.8. The first-order valence-electron chi connectivity index (χ1n) is 9.49. The highest BCUT2D eigenvalue weighted by atomic mass is 16.4. The van der Waals surface area contributed by atoms with Crippen LogP contribution >= 0.6 is 0 Å². The molecular weight excluding hydrogens is 372 g/mol. The van der Waals surface area contributed by atoms with Crippen molar-refractivity contribution in [3.63, 3.8) is 0 Å². The summed E-state index contributed by atoms with van der Waals surface area (Å²) in [4.78, 5) is 49.1. The van der Waals surface area contributed by atoms with Gasteiger partial charge in [0.05, 0.1) is 0 Å². The number of aliphatic carboxylic acids is 4. The molecule has 10 heteroatoms. The fourth-order valence-electron chi connectivity index (χ4n) is 3.49. The van der Waals surface area contributed by atoms with Crippen molar-refractivity contribution in [2.75, 3.05) is 13.1 Å². The van der Waals surface area contributed by atoms with E-state index in [0.29, 0.717) is 0 Å². The second-order valence-electron chi connectivity index (χ2n) is 6.52. The molecule has 4 N–H and O–H groups in total. The van der Waals surface area contributed by atoms with Crippen molar-refractivity contribution < 1.29 is 39.6 Å². The second-order valence-corrected chi connectivity index (χ2v) is 6.52. The molecule has 0 radical (unpaired) electrons. The number of carboxylic acid groups (broad SMARTS) is 4. The van der Waals surface area contributed by atoms with Crippen LogP contribution < -0.4 is 0 Å². The standard InChI is InChI=1S/C18H32N2O8/c1-5-11(15(21)22)19(12(6-2)16(23)24)9-10-20(13(7-3)17(25)26)14(8-4)18(27)28/h11-14H,5-10H2,1-4H3,(H,21,22)(H,23,24)(H,25,26)(H,27,28). The predicted octanol–water partition coefficient (Wildman–Crippen LogP) is 1.04. The van der Waals surface area contributed by atoms with E-state index in [-0.39, 0.29) is 38.8 Å². The molecule has 28 heavy (non-hydrogen) atoms. The third kappa shape index (κ3) is 6.75. The Morgan fingerprint density at radius 1 is 0.536 bits per heavy atom. The van der Waals surface area contributed by atoms with Crippen LogP contribution in [0.4, 0.5) is 0 Å². The van der Waals surface area contributed by atoms with Gasteiger partial charge in [0.2, 0.25) is 0 Å². The van der Waals surface area contributed by atoms with E-state index in [9.17, 15) is 39.6 Å². The second kappa shape index (κ2) is 12.3. The Labute approximate surface area is 164 Å². The lowest BCUT2D eigenvalue weighted by Crippen LogP contribution is -2.56. The monoisotopic (exact) mass is 404 g/mol. The molecule has 0 amide bonds. The van der Waals surface area contributed by atoms with E-state index >= 15 is 0 Å². The van der Waals surface area contributed by atoms with Gasteiger partial charge in [0.15, 0.2) is 0 Å². The Balaban J connectivity index is 5.89. The minimum atomic E-state index is -1.18. The molecule has 0 heterocycles. The summed E-state index contributed by atoms with van der Waals surface area (Å²) < 4.78 is 0. The van der Waals surface area contributed by atoms with Crippen molar-refractivity contribution in [2.45, 2.75) is 77.5 Å². The largest absolute Gasteiger partial charge is 0.480 e. The topological polar surface area (TPSA) is 156 Å². The number of hydrogen-bond acceptors (Lipinski definition) is 6. The van der Waals surface area contributed by atoms with Crippen LogP contribution in [0.2, 0.25) is 0 Å². The van der Waals surface area contributed by atoms with Crippen molar-refractivity contribution in [3.05, 3.63) is 0 Å². The molecule has 0 spiro atoms. The maximum Gasteiger partial charge on any atom is 0.320 e. The molecular formula is C18H32N2O8. The van der Waals surface area contributed by atoms with E-state index < -0.39 is 48.0 Å². The fraction of sp³-hybridized carbons (Fsp3) is 0.778. The van der Waals surface area contributed by atoms with Crippen molar-refractivity contribution in [1.82, 2.24) is 9.80 Å². The van der Waals surface area contributed by atoms with Crippen molar-refractivity contribution in [3.8, 4) is 0 Å². The average molecular weight is 404 g/mol. The smallest absolute Gasteiger partial charge is 0.320 e. The number of carboxylic acids is 4. The van der Waals surface area contributed by atoms with E-state index in [1.54, 1.807) is 27.7 Å². The molecule has 0 bridgehead atoms. The van der Waals surface area contributed by atoms with Gasteiger partial charge in [-0.2, -0.15) is 0 Å². The number of rotatable bonds is 15. The summed E-state index contributed by atoms with van der Waals surface area (Å²) in [6, 6.07) is -4.29. The normalized spacial score (nSPS) is 15.8. The van der Waals surface area contributed by atoms with Gasteiger partial charge >= 0.3 is 23.9 Å². The first-order chi connectivity index (χ1) is 13.1. The van der Waals surface area contributed by atoms with Gasteiger partial charge in [-0.15, -0.1) is 0 Å². The summed E-state index contributed by atoms with van der Waals surface area (Å²) in [5, 5.41) is 37.9. The average Bonchev–Trinajstić information content (AvgIpc) is 2.59. The molecule has 0 rings (SSSR count). The SMILES string of the molecule is CCC(C(=O)O)N(CCN(C(CC)C(=O)O)C(CC)C(=O)O)C(CC)C(=O)O. The van der Waals surface area contributed by atoms with Gasteiger partial charge in [0.25, 0.3) is 0 Å². The van der Waals surface area contributed by atoms with Crippen LogP contribution in [0.25, 0.3) is 0 Å². The fourth-order valence-corrected chi connectivity index (χ4v) is 3.49. The van der Waals surface area contributed by atoms with Gasteiger partial charge in [-0.25, -0.2) is 0 Å². The molecule has 0 aromatic heterocycles. The van der Waals surface area contributed by atoms with Crippen molar-refractivity contribution >= 4 is 23.9 Å². The highest BCUT2D eigenvalue weighted by Crippen LogP contribution is 2.17. The Morgan fingerprint density at radius 2 is 0.714 bits per heavy atom. The zero-order valence-electron chi connectivity index (χ0n) is 16.9. The van der Waals surface area contributed by atoms with Gasteiger partial charge in [-0.05, 0) is 25.7 Å². The summed E-state index contributed by atoms with van der Waals surface area (Å²) in [5.74, 6) is -4.71. The molecule has 0 aliphatic carbocycles. The van der Waals surface area contributed by atoms with Gasteiger partial charge in [0, 0.05) is 13.1 Å². The summed E-state index contributed by atoms with van der Waals surface area (Å²) in [7, 11) is 0. The third-order valence-electron chi connectivity index (χ3n) is 4.90. The molecule has 162 valence electrons. The Kier molecular flexibility index (Phi) is 11.3. The maximum absolute atomic E-state index is 11.6. The van der Waals surface area contributed by atoms with Crippen LogP contribution in [0.3, 0.4) is 0 Å². The highest BCUT2D eigenvalue weighted by Gasteiger charge is 2.37. The first-order valence-corrected chi connectivity index (χ1v) is 9.49. The molecule has 0 aliphatic rings. The Hall–Kier alpha value is -2.20. The minimum absolute atomic E-state index is 0.0802. The van der Waals surface area contributed by atoms with E-state index in [2.05, 4.69) is 0 Å². The van der Waals surface area contributed by atoms with Gasteiger partial charge in [0.1, 0.15) is 24.2 Å².